The molecule has 2 rings (SSSR count). The molecule has 18 heavy (non-hydrogen) atoms. The first kappa shape index (κ1) is 13.2. The van der Waals surface area contributed by atoms with Crippen molar-refractivity contribution in [3.63, 3.8) is 0 Å². The monoisotopic (exact) mass is 249 g/mol. The van der Waals surface area contributed by atoms with Crippen LogP contribution in [-0.4, -0.2) is 48.6 Å². The highest BCUT2D eigenvalue weighted by molar-refractivity contribution is 5.34. The molecule has 0 spiro atoms. The number of anilines is 1. The van der Waals surface area contributed by atoms with Gasteiger partial charge in [-0.2, -0.15) is 0 Å². The van der Waals surface area contributed by atoms with Crippen LogP contribution < -0.4 is 10.6 Å². The predicted molar refractivity (Wildman–Crippen MR) is 73.4 cm³/mol. The standard InChI is InChI=1S/C13H23N5/c1-17-5-3-11(4-6-17)10-18(2)13-9-15-12(7-14)8-16-13/h8-9,11H,3-7,10,14H2,1-2H3. The number of nitrogens with zero attached hydrogens (tertiary/aromatic N) is 4. The van der Waals surface area contributed by atoms with Gasteiger partial charge < -0.3 is 15.5 Å². The Balaban J connectivity index is 1.88. The minimum atomic E-state index is 0.450. The first-order chi connectivity index (χ1) is 8.69. The van der Waals surface area contributed by atoms with Gasteiger partial charge in [-0.3, -0.25) is 4.98 Å². The number of piperidine rings is 1. The van der Waals surface area contributed by atoms with Crippen LogP contribution >= 0.6 is 0 Å². The van der Waals surface area contributed by atoms with Gasteiger partial charge in [-0.05, 0) is 38.9 Å². The highest BCUT2D eigenvalue weighted by Crippen LogP contribution is 2.18. The van der Waals surface area contributed by atoms with E-state index < -0.39 is 0 Å². The van der Waals surface area contributed by atoms with E-state index >= 15 is 0 Å². The average Bonchev–Trinajstić information content (AvgIpc) is 2.41. The number of likely N-dealkylation sites (tertiary alicyclic amines) is 1. The summed E-state index contributed by atoms with van der Waals surface area (Å²) in [5.41, 5.74) is 6.36. The quantitative estimate of drug-likeness (QED) is 0.852. The second-order valence-corrected chi connectivity index (χ2v) is 5.20. The van der Waals surface area contributed by atoms with Crippen LogP contribution in [0.3, 0.4) is 0 Å². The molecule has 5 heteroatoms. The normalized spacial score (nSPS) is 17.9. The Morgan fingerprint density at radius 1 is 1.33 bits per heavy atom. The Morgan fingerprint density at radius 2 is 2.06 bits per heavy atom. The van der Waals surface area contributed by atoms with Gasteiger partial charge in [0.25, 0.3) is 0 Å². The van der Waals surface area contributed by atoms with E-state index in [1.165, 1.54) is 25.9 Å². The third-order valence-electron chi connectivity index (χ3n) is 3.66. The van der Waals surface area contributed by atoms with Crippen LogP contribution in [0.4, 0.5) is 5.82 Å². The topological polar surface area (TPSA) is 58.3 Å². The summed E-state index contributed by atoms with van der Waals surface area (Å²) >= 11 is 0. The van der Waals surface area contributed by atoms with Crippen LogP contribution in [0.25, 0.3) is 0 Å². The first-order valence-corrected chi connectivity index (χ1v) is 6.59. The van der Waals surface area contributed by atoms with Gasteiger partial charge in [0.1, 0.15) is 5.82 Å². The number of nitrogens with two attached hydrogens (primary N) is 1. The van der Waals surface area contributed by atoms with Crippen molar-refractivity contribution in [2.75, 3.05) is 38.6 Å². The fourth-order valence-corrected chi connectivity index (χ4v) is 2.38. The molecule has 1 fully saturated rings. The molecule has 0 aliphatic carbocycles. The molecule has 0 amide bonds. The molecule has 1 saturated heterocycles. The van der Waals surface area contributed by atoms with Gasteiger partial charge >= 0.3 is 0 Å². The van der Waals surface area contributed by atoms with Crippen molar-refractivity contribution in [3.8, 4) is 0 Å². The second kappa shape index (κ2) is 6.11. The molecule has 2 N–H and O–H groups in total. The smallest absolute Gasteiger partial charge is 0.146 e. The molecule has 1 aliphatic heterocycles. The van der Waals surface area contributed by atoms with Crippen LogP contribution in [0.5, 0.6) is 0 Å². The summed E-state index contributed by atoms with van der Waals surface area (Å²) in [6, 6.07) is 0. The van der Waals surface area contributed by atoms with Crippen molar-refractivity contribution in [1.82, 2.24) is 14.9 Å². The first-order valence-electron chi connectivity index (χ1n) is 6.59. The lowest BCUT2D eigenvalue weighted by atomic mass is 9.97. The molecule has 0 atom stereocenters. The molecule has 0 radical (unpaired) electrons. The molecule has 1 aromatic rings. The Labute approximate surface area is 109 Å². The van der Waals surface area contributed by atoms with E-state index in [0.717, 1.165) is 24.0 Å². The molecule has 0 saturated carbocycles. The van der Waals surface area contributed by atoms with Crippen molar-refractivity contribution in [1.29, 1.82) is 0 Å². The van der Waals surface area contributed by atoms with Gasteiger partial charge in [0.05, 0.1) is 18.1 Å². The molecule has 0 bridgehead atoms. The largest absolute Gasteiger partial charge is 0.358 e. The molecule has 2 heterocycles. The zero-order valence-electron chi connectivity index (χ0n) is 11.3. The molecule has 0 aromatic carbocycles. The van der Waals surface area contributed by atoms with E-state index in [4.69, 9.17) is 5.73 Å². The van der Waals surface area contributed by atoms with E-state index in [1.54, 1.807) is 6.20 Å². The minimum Gasteiger partial charge on any atom is -0.358 e. The average molecular weight is 249 g/mol. The third kappa shape index (κ3) is 3.40. The fraction of sp³-hybridized carbons (Fsp3) is 0.692. The lowest BCUT2D eigenvalue weighted by Crippen LogP contribution is -2.36. The number of aromatic nitrogens is 2. The fourth-order valence-electron chi connectivity index (χ4n) is 2.38. The van der Waals surface area contributed by atoms with Crippen LogP contribution in [0.1, 0.15) is 18.5 Å². The van der Waals surface area contributed by atoms with Gasteiger partial charge in [0, 0.05) is 20.1 Å². The minimum absolute atomic E-state index is 0.450. The molecular formula is C13H23N5. The summed E-state index contributed by atoms with van der Waals surface area (Å²) in [5, 5.41) is 0. The molecule has 1 aliphatic rings. The van der Waals surface area contributed by atoms with Crippen LogP contribution in [-0.2, 0) is 6.54 Å². The van der Waals surface area contributed by atoms with Gasteiger partial charge in [-0.15, -0.1) is 0 Å². The Kier molecular flexibility index (Phi) is 4.49. The van der Waals surface area contributed by atoms with Crippen molar-refractivity contribution in [2.45, 2.75) is 19.4 Å². The predicted octanol–water partition coefficient (Wildman–Crippen LogP) is 0.713. The summed E-state index contributed by atoms with van der Waals surface area (Å²) in [4.78, 5) is 13.3. The third-order valence-corrected chi connectivity index (χ3v) is 3.66. The van der Waals surface area contributed by atoms with Crippen LogP contribution in [0, 0.1) is 5.92 Å². The van der Waals surface area contributed by atoms with E-state index in [2.05, 4.69) is 33.9 Å². The van der Waals surface area contributed by atoms with Crippen molar-refractivity contribution in [3.05, 3.63) is 18.1 Å². The van der Waals surface area contributed by atoms with Crippen LogP contribution in [0.2, 0.25) is 0 Å². The molecule has 100 valence electrons. The van der Waals surface area contributed by atoms with E-state index in [1.807, 2.05) is 6.20 Å². The Hall–Kier alpha value is -1.20. The highest BCUT2D eigenvalue weighted by Gasteiger charge is 2.18. The summed E-state index contributed by atoms with van der Waals surface area (Å²) in [7, 11) is 4.28. The van der Waals surface area contributed by atoms with Gasteiger partial charge in [-0.25, -0.2) is 4.98 Å². The molecule has 0 unspecified atom stereocenters. The van der Waals surface area contributed by atoms with Crippen LogP contribution in [0.15, 0.2) is 12.4 Å². The lowest BCUT2D eigenvalue weighted by Gasteiger charge is -2.31. The molecule has 1 aromatic heterocycles. The van der Waals surface area contributed by atoms with E-state index in [-0.39, 0.29) is 0 Å². The SMILES string of the molecule is CN1CCC(CN(C)c2cnc(CN)cn2)CC1. The summed E-state index contributed by atoms with van der Waals surface area (Å²) < 4.78 is 0. The van der Waals surface area contributed by atoms with Gasteiger partial charge in [0.15, 0.2) is 0 Å². The van der Waals surface area contributed by atoms with E-state index in [9.17, 15) is 0 Å². The van der Waals surface area contributed by atoms with Crippen molar-refractivity contribution in [2.24, 2.45) is 11.7 Å². The lowest BCUT2D eigenvalue weighted by molar-refractivity contribution is 0.222. The van der Waals surface area contributed by atoms with E-state index in [0.29, 0.717) is 6.54 Å². The number of hydrogen-bond acceptors (Lipinski definition) is 5. The second-order valence-electron chi connectivity index (χ2n) is 5.20. The zero-order chi connectivity index (χ0) is 13.0. The maximum absolute atomic E-state index is 5.52. The van der Waals surface area contributed by atoms with Crippen molar-refractivity contribution >= 4 is 5.82 Å². The zero-order valence-corrected chi connectivity index (χ0v) is 11.3. The van der Waals surface area contributed by atoms with Gasteiger partial charge in [0.2, 0.25) is 0 Å². The van der Waals surface area contributed by atoms with Gasteiger partial charge in [-0.1, -0.05) is 0 Å². The Morgan fingerprint density at radius 3 is 2.61 bits per heavy atom. The Bertz CT molecular complexity index is 356. The summed E-state index contributed by atoms with van der Waals surface area (Å²) in [6.07, 6.45) is 6.13. The number of rotatable bonds is 4. The molecular weight excluding hydrogens is 226 g/mol. The maximum Gasteiger partial charge on any atom is 0.146 e. The number of hydrogen-bond donors (Lipinski definition) is 1. The highest BCUT2D eigenvalue weighted by atomic mass is 15.2. The molecule has 5 nitrogen and oxygen atoms in total. The summed E-state index contributed by atoms with van der Waals surface area (Å²) in [6.45, 7) is 3.92. The maximum atomic E-state index is 5.52. The van der Waals surface area contributed by atoms with Crippen molar-refractivity contribution < 1.29 is 0 Å². The summed E-state index contributed by atoms with van der Waals surface area (Å²) in [5.74, 6) is 1.70.